The van der Waals surface area contributed by atoms with Gasteiger partial charge in [0, 0.05) is 12.7 Å². The van der Waals surface area contributed by atoms with Crippen molar-refractivity contribution in [2.45, 2.75) is 25.7 Å². The molecule has 0 aromatic carbocycles. The average Bonchev–Trinajstić information content (AvgIpc) is 2.76. The minimum absolute atomic E-state index is 0.0530. The summed E-state index contributed by atoms with van der Waals surface area (Å²) in [5, 5.41) is 9.29. The maximum Gasteiger partial charge on any atom is 0.340 e. The molecule has 0 unspecified atom stereocenters. The van der Waals surface area contributed by atoms with Crippen molar-refractivity contribution in [3.8, 4) is 0 Å². The lowest BCUT2D eigenvalue weighted by Crippen LogP contribution is -2.32. The fraction of sp³-hybridized carbons (Fsp3) is 0.286. The van der Waals surface area contributed by atoms with Gasteiger partial charge in [-0.1, -0.05) is 0 Å². The van der Waals surface area contributed by atoms with E-state index in [9.17, 15) is 18.3 Å². The summed E-state index contributed by atoms with van der Waals surface area (Å²) in [6, 6.07) is 3.20. The fourth-order valence-electron chi connectivity index (χ4n) is 2.32. The van der Waals surface area contributed by atoms with E-state index < -0.39 is 16.0 Å². The number of hydrogen-bond donors (Lipinski definition) is 1. The maximum absolute atomic E-state index is 12.9. The molecule has 22 heavy (non-hydrogen) atoms. The summed E-state index contributed by atoms with van der Waals surface area (Å²) in [6.45, 7) is 4.66. The summed E-state index contributed by atoms with van der Waals surface area (Å²) < 4.78 is 32.1. The van der Waals surface area contributed by atoms with Gasteiger partial charge in [-0.2, -0.15) is 0 Å². The number of furan rings is 1. The van der Waals surface area contributed by atoms with Crippen molar-refractivity contribution >= 4 is 21.7 Å². The molecule has 0 aliphatic rings. The minimum Gasteiger partial charge on any atom is -0.478 e. The Labute approximate surface area is 128 Å². The zero-order valence-electron chi connectivity index (χ0n) is 12.4. The average molecular weight is 324 g/mol. The lowest BCUT2D eigenvalue weighted by Gasteiger charge is -2.22. The van der Waals surface area contributed by atoms with E-state index in [0.717, 1.165) is 4.31 Å². The molecule has 0 saturated carbocycles. The number of carboxylic acids is 1. The van der Waals surface area contributed by atoms with Gasteiger partial charge in [-0.05, 0) is 32.9 Å². The third-order valence-electron chi connectivity index (χ3n) is 3.19. The van der Waals surface area contributed by atoms with E-state index in [1.54, 1.807) is 19.1 Å². The number of aromatic nitrogens is 1. The maximum atomic E-state index is 12.9. The highest BCUT2D eigenvalue weighted by atomic mass is 32.2. The van der Waals surface area contributed by atoms with Crippen LogP contribution in [0.4, 0.5) is 5.69 Å². The molecule has 0 amide bonds. The van der Waals surface area contributed by atoms with E-state index in [4.69, 9.17) is 4.42 Å². The van der Waals surface area contributed by atoms with Crippen LogP contribution in [0.2, 0.25) is 0 Å². The summed E-state index contributed by atoms with van der Waals surface area (Å²) >= 11 is 0. The van der Waals surface area contributed by atoms with Gasteiger partial charge < -0.3 is 9.52 Å². The van der Waals surface area contributed by atoms with Crippen LogP contribution in [-0.2, 0) is 10.0 Å². The summed E-state index contributed by atoms with van der Waals surface area (Å²) in [7, 11) is -4.07. The Kier molecular flexibility index (Phi) is 4.23. The van der Waals surface area contributed by atoms with Gasteiger partial charge in [0.1, 0.15) is 22.0 Å². The van der Waals surface area contributed by atoms with Crippen molar-refractivity contribution in [1.29, 1.82) is 0 Å². The Hall–Kier alpha value is -2.35. The van der Waals surface area contributed by atoms with Gasteiger partial charge >= 0.3 is 5.97 Å². The van der Waals surface area contributed by atoms with Crippen LogP contribution in [0.3, 0.4) is 0 Å². The standard InChI is InChI=1S/C14H16N2O5S/c1-4-16(11-6-5-7-15-8-11)22(19,20)13-10(3)21-9(2)12(13)14(17)18/h5-8H,4H2,1-3H3,(H,17,18). The highest BCUT2D eigenvalue weighted by Gasteiger charge is 2.34. The first-order valence-electron chi connectivity index (χ1n) is 6.56. The number of carboxylic acid groups (broad SMARTS) is 1. The smallest absolute Gasteiger partial charge is 0.340 e. The molecule has 0 saturated heterocycles. The molecule has 0 aliphatic carbocycles. The highest BCUT2D eigenvalue weighted by molar-refractivity contribution is 7.93. The van der Waals surface area contributed by atoms with E-state index in [1.807, 2.05) is 0 Å². The van der Waals surface area contributed by atoms with E-state index in [1.165, 1.54) is 26.2 Å². The topological polar surface area (TPSA) is 101 Å². The lowest BCUT2D eigenvalue weighted by atomic mass is 10.2. The number of rotatable bonds is 5. The van der Waals surface area contributed by atoms with Crippen molar-refractivity contribution in [3.05, 3.63) is 41.6 Å². The number of aryl methyl sites for hydroxylation is 2. The van der Waals surface area contributed by atoms with E-state index >= 15 is 0 Å². The van der Waals surface area contributed by atoms with E-state index in [2.05, 4.69) is 4.98 Å². The summed E-state index contributed by atoms with van der Waals surface area (Å²) in [6.07, 6.45) is 2.93. The first kappa shape index (κ1) is 16.0. The lowest BCUT2D eigenvalue weighted by molar-refractivity contribution is 0.0691. The quantitative estimate of drug-likeness (QED) is 0.905. The van der Waals surface area contributed by atoms with Crippen LogP contribution in [0.5, 0.6) is 0 Å². The summed E-state index contributed by atoms with van der Waals surface area (Å²) in [5.74, 6) is -1.22. The van der Waals surface area contributed by atoms with Crippen LogP contribution in [0.25, 0.3) is 0 Å². The van der Waals surface area contributed by atoms with E-state index in [-0.39, 0.29) is 28.5 Å². The van der Waals surface area contributed by atoms with Crippen molar-refractivity contribution in [2.75, 3.05) is 10.8 Å². The molecule has 2 aromatic heterocycles. The Bertz CT molecular complexity index is 796. The third kappa shape index (κ3) is 2.57. The van der Waals surface area contributed by atoms with Gasteiger partial charge in [0.2, 0.25) is 0 Å². The zero-order valence-corrected chi connectivity index (χ0v) is 13.2. The van der Waals surface area contributed by atoms with Crippen LogP contribution in [0.1, 0.15) is 28.8 Å². The van der Waals surface area contributed by atoms with Gasteiger partial charge in [-0.25, -0.2) is 13.2 Å². The van der Waals surface area contributed by atoms with Crippen molar-refractivity contribution in [1.82, 2.24) is 4.98 Å². The molecule has 0 bridgehead atoms. The van der Waals surface area contributed by atoms with Crippen LogP contribution in [0, 0.1) is 13.8 Å². The number of nitrogens with zero attached hydrogens (tertiary/aromatic N) is 2. The molecule has 7 nitrogen and oxygen atoms in total. The Morgan fingerprint density at radius 3 is 2.55 bits per heavy atom. The molecule has 0 atom stereocenters. The molecular weight excluding hydrogens is 308 g/mol. The molecule has 0 radical (unpaired) electrons. The Morgan fingerprint density at radius 1 is 1.36 bits per heavy atom. The number of sulfonamides is 1. The molecular formula is C14H16N2O5S. The van der Waals surface area contributed by atoms with Crippen LogP contribution in [-0.4, -0.2) is 31.0 Å². The molecule has 8 heteroatoms. The number of hydrogen-bond acceptors (Lipinski definition) is 5. The number of aromatic carboxylic acids is 1. The van der Waals surface area contributed by atoms with Gasteiger partial charge in [0.25, 0.3) is 10.0 Å². The third-order valence-corrected chi connectivity index (χ3v) is 5.24. The molecule has 0 aliphatic heterocycles. The zero-order chi connectivity index (χ0) is 16.5. The Morgan fingerprint density at radius 2 is 2.05 bits per heavy atom. The molecule has 0 spiro atoms. The van der Waals surface area contributed by atoms with Gasteiger partial charge in [-0.3, -0.25) is 9.29 Å². The van der Waals surface area contributed by atoms with Crippen LogP contribution >= 0.6 is 0 Å². The molecule has 1 N–H and O–H groups in total. The summed E-state index contributed by atoms with van der Waals surface area (Å²) in [4.78, 5) is 15.0. The Balaban J connectivity index is 2.67. The number of pyridine rings is 1. The fourth-order valence-corrected chi connectivity index (χ4v) is 4.16. The SMILES string of the molecule is CCN(c1cccnc1)S(=O)(=O)c1c(C)oc(C)c1C(=O)O. The first-order valence-corrected chi connectivity index (χ1v) is 8.00. The number of carbonyl (C=O) groups is 1. The molecule has 118 valence electrons. The van der Waals surface area contributed by atoms with Gasteiger partial charge in [-0.15, -0.1) is 0 Å². The van der Waals surface area contributed by atoms with Crippen LogP contribution < -0.4 is 4.31 Å². The summed E-state index contributed by atoms with van der Waals surface area (Å²) in [5.41, 5.74) is 0.0273. The second kappa shape index (κ2) is 5.80. The van der Waals surface area contributed by atoms with Crippen molar-refractivity contribution in [3.63, 3.8) is 0 Å². The van der Waals surface area contributed by atoms with E-state index in [0.29, 0.717) is 5.69 Å². The highest BCUT2D eigenvalue weighted by Crippen LogP contribution is 2.31. The van der Waals surface area contributed by atoms with Gasteiger partial charge in [0.15, 0.2) is 0 Å². The van der Waals surface area contributed by atoms with Crippen molar-refractivity contribution in [2.24, 2.45) is 0 Å². The molecule has 0 fully saturated rings. The molecule has 2 heterocycles. The van der Waals surface area contributed by atoms with Gasteiger partial charge in [0.05, 0.1) is 11.9 Å². The normalized spacial score (nSPS) is 11.4. The largest absolute Gasteiger partial charge is 0.478 e. The van der Waals surface area contributed by atoms with Crippen molar-refractivity contribution < 1.29 is 22.7 Å². The second-order valence-electron chi connectivity index (χ2n) is 4.60. The monoisotopic (exact) mass is 324 g/mol. The number of anilines is 1. The molecule has 2 rings (SSSR count). The second-order valence-corrected chi connectivity index (χ2v) is 6.40. The minimum atomic E-state index is -4.07. The predicted octanol–water partition coefficient (Wildman–Crippen LogP) is 2.20. The predicted molar refractivity (Wildman–Crippen MR) is 79.6 cm³/mol. The molecule has 2 aromatic rings. The van der Waals surface area contributed by atoms with Crippen LogP contribution in [0.15, 0.2) is 33.8 Å². The first-order chi connectivity index (χ1) is 10.3.